The molecular formula is C13H10Cl2N2O2. The number of nitrogens with one attached hydrogen (secondary N) is 1. The third-order valence-corrected chi connectivity index (χ3v) is 2.98. The van der Waals surface area contributed by atoms with Crippen LogP contribution in [0.1, 0.15) is 5.69 Å². The van der Waals surface area contributed by atoms with Gasteiger partial charge in [0.25, 0.3) is 0 Å². The highest BCUT2D eigenvalue weighted by atomic mass is 35.5. The highest BCUT2D eigenvalue weighted by Crippen LogP contribution is 2.25. The van der Waals surface area contributed by atoms with Crippen molar-refractivity contribution in [2.75, 3.05) is 5.32 Å². The van der Waals surface area contributed by atoms with Crippen molar-refractivity contribution in [1.82, 2.24) is 4.98 Å². The quantitative estimate of drug-likeness (QED) is 0.926. The molecule has 19 heavy (non-hydrogen) atoms. The van der Waals surface area contributed by atoms with E-state index >= 15 is 0 Å². The number of pyridine rings is 1. The Morgan fingerprint density at radius 1 is 1.21 bits per heavy atom. The Labute approximate surface area is 120 Å². The summed E-state index contributed by atoms with van der Waals surface area (Å²) in [5.74, 6) is 0. The summed E-state index contributed by atoms with van der Waals surface area (Å²) < 4.78 is 5.01. The van der Waals surface area contributed by atoms with Crippen LogP contribution in [0.2, 0.25) is 10.0 Å². The van der Waals surface area contributed by atoms with Gasteiger partial charge in [-0.1, -0.05) is 29.3 Å². The van der Waals surface area contributed by atoms with Crippen LogP contribution in [0.15, 0.2) is 42.6 Å². The Morgan fingerprint density at radius 3 is 2.74 bits per heavy atom. The Hall–Kier alpha value is -1.78. The van der Waals surface area contributed by atoms with Crippen molar-refractivity contribution in [2.45, 2.75) is 6.61 Å². The molecule has 0 saturated heterocycles. The zero-order chi connectivity index (χ0) is 13.7. The van der Waals surface area contributed by atoms with Gasteiger partial charge >= 0.3 is 6.09 Å². The number of aromatic nitrogens is 1. The van der Waals surface area contributed by atoms with Crippen molar-refractivity contribution in [3.8, 4) is 0 Å². The highest BCUT2D eigenvalue weighted by Gasteiger charge is 2.06. The molecule has 0 aliphatic heterocycles. The van der Waals surface area contributed by atoms with E-state index in [1.54, 1.807) is 36.5 Å². The monoisotopic (exact) mass is 296 g/mol. The van der Waals surface area contributed by atoms with Crippen molar-refractivity contribution >= 4 is 35.0 Å². The largest absolute Gasteiger partial charge is 0.443 e. The van der Waals surface area contributed by atoms with Gasteiger partial charge in [-0.05, 0) is 30.3 Å². The van der Waals surface area contributed by atoms with Gasteiger partial charge in [-0.2, -0.15) is 0 Å². The summed E-state index contributed by atoms with van der Waals surface area (Å²) in [5.41, 5.74) is 1.19. The Morgan fingerprint density at radius 2 is 2.05 bits per heavy atom. The minimum absolute atomic E-state index is 0.105. The molecule has 2 aromatic rings. The number of ether oxygens (including phenoxy) is 1. The standard InChI is InChI=1S/C13H10Cl2N2O2/c14-11-5-4-9(7-12(11)15)17-13(18)19-8-10-3-1-2-6-16-10/h1-7H,8H2,(H,17,18). The minimum Gasteiger partial charge on any atom is -0.443 e. The fraction of sp³-hybridized carbons (Fsp3) is 0.0769. The number of rotatable bonds is 3. The van der Waals surface area contributed by atoms with Crippen LogP contribution in [0, 0.1) is 0 Å². The number of hydrogen-bond donors (Lipinski definition) is 1. The zero-order valence-corrected chi connectivity index (χ0v) is 11.3. The number of amides is 1. The van der Waals surface area contributed by atoms with Gasteiger partial charge in [0.05, 0.1) is 15.7 Å². The van der Waals surface area contributed by atoms with Crippen LogP contribution < -0.4 is 5.32 Å². The molecule has 0 bridgehead atoms. The molecule has 2 rings (SSSR count). The fourth-order valence-electron chi connectivity index (χ4n) is 1.35. The van der Waals surface area contributed by atoms with Crippen LogP contribution in [-0.4, -0.2) is 11.1 Å². The van der Waals surface area contributed by atoms with Gasteiger partial charge in [0, 0.05) is 11.9 Å². The molecule has 0 radical (unpaired) electrons. The number of carbonyl (C=O) groups is 1. The van der Waals surface area contributed by atoms with Gasteiger partial charge in [-0.15, -0.1) is 0 Å². The minimum atomic E-state index is -0.580. The Balaban J connectivity index is 1.89. The van der Waals surface area contributed by atoms with Crippen molar-refractivity contribution in [3.63, 3.8) is 0 Å². The summed E-state index contributed by atoms with van der Waals surface area (Å²) in [4.78, 5) is 15.6. The molecule has 98 valence electrons. The summed E-state index contributed by atoms with van der Waals surface area (Å²) in [7, 11) is 0. The van der Waals surface area contributed by atoms with Crippen LogP contribution in [0.25, 0.3) is 0 Å². The van der Waals surface area contributed by atoms with Crippen molar-refractivity contribution in [3.05, 3.63) is 58.3 Å². The van der Waals surface area contributed by atoms with E-state index in [0.29, 0.717) is 21.4 Å². The van der Waals surface area contributed by atoms with E-state index in [1.807, 2.05) is 6.07 Å². The van der Waals surface area contributed by atoms with Gasteiger partial charge in [0.1, 0.15) is 6.61 Å². The first kappa shape index (κ1) is 13.6. The third-order valence-electron chi connectivity index (χ3n) is 2.24. The van der Waals surface area contributed by atoms with Crippen molar-refractivity contribution in [2.24, 2.45) is 0 Å². The normalized spacial score (nSPS) is 10.0. The molecule has 0 fully saturated rings. The number of benzene rings is 1. The van der Waals surface area contributed by atoms with Gasteiger partial charge in [0.15, 0.2) is 0 Å². The predicted molar refractivity (Wildman–Crippen MR) is 74.5 cm³/mol. The average Bonchev–Trinajstić information content (AvgIpc) is 2.42. The number of halogens is 2. The third kappa shape index (κ3) is 4.12. The van der Waals surface area contributed by atoms with E-state index in [4.69, 9.17) is 27.9 Å². The number of nitrogens with zero attached hydrogens (tertiary/aromatic N) is 1. The molecule has 0 spiro atoms. The van der Waals surface area contributed by atoms with Crippen molar-refractivity contribution in [1.29, 1.82) is 0 Å². The summed E-state index contributed by atoms with van der Waals surface area (Å²) in [6.45, 7) is 0.105. The van der Waals surface area contributed by atoms with Crippen LogP contribution in [0.3, 0.4) is 0 Å². The molecule has 1 N–H and O–H groups in total. The van der Waals surface area contributed by atoms with Crippen LogP contribution in [0.4, 0.5) is 10.5 Å². The second-order valence-electron chi connectivity index (χ2n) is 3.65. The van der Waals surface area contributed by atoms with Gasteiger partial charge in [-0.25, -0.2) is 4.79 Å². The molecule has 0 saturated carbocycles. The van der Waals surface area contributed by atoms with Crippen LogP contribution in [0.5, 0.6) is 0 Å². The maximum atomic E-state index is 11.5. The SMILES string of the molecule is O=C(Nc1ccc(Cl)c(Cl)c1)OCc1ccccn1. The summed E-state index contributed by atoms with van der Waals surface area (Å²) in [6.07, 6.45) is 1.05. The Bertz CT molecular complexity index is 576. The summed E-state index contributed by atoms with van der Waals surface area (Å²) in [5, 5.41) is 3.34. The van der Waals surface area contributed by atoms with Gasteiger partial charge in [0.2, 0.25) is 0 Å². The van der Waals surface area contributed by atoms with E-state index < -0.39 is 6.09 Å². The van der Waals surface area contributed by atoms with Gasteiger partial charge < -0.3 is 4.74 Å². The lowest BCUT2D eigenvalue weighted by Crippen LogP contribution is -2.13. The molecule has 0 unspecified atom stereocenters. The second kappa shape index (κ2) is 6.41. The molecule has 1 amide bonds. The first-order valence-corrected chi connectivity index (χ1v) is 6.19. The van der Waals surface area contributed by atoms with E-state index in [2.05, 4.69) is 10.3 Å². The first-order chi connectivity index (χ1) is 9.15. The van der Waals surface area contributed by atoms with Crippen molar-refractivity contribution < 1.29 is 9.53 Å². The lowest BCUT2D eigenvalue weighted by atomic mass is 10.3. The predicted octanol–water partition coefficient (Wildman–Crippen LogP) is 4.14. The average molecular weight is 297 g/mol. The first-order valence-electron chi connectivity index (χ1n) is 5.44. The van der Waals surface area contributed by atoms with E-state index in [9.17, 15) is 4.79 Å². The molecule has 0 aliphatic carbocycles. The van der Waals surface area contributed by atoms with Crippen LogP contribution in [-0.2, 0) is 11.3 Å². The molecule has 4 nitrogen and oxygen atoms in total. The molecule has 0 atom stereocenters. The number of hydrogen-bond acceptors (Lipinski definition) is 3. The zero-order valence-electron chi connectivity index (χ0n) is 9.77. The maximum absolute atomic E-state index is 11.5. The lowest BCUT2D eigenvalue weighted by Gasteiger charge is -2.07. The number of anilines is 1. The summed E-state index contributed by atoms with van der Waals surface area (Å²) in [6, 6.07) is 10.2. The topological polar surface area (TPSA) is 51.2 Å². The molecule has 0 aliphatic rings. The fourth-order valence-corrected chi connectivity index (χ4v) is 1.65. The highest BCUT2D eigenvalue weighted by molar-refractivity contribution is 6.42. The Kier molecular flexibility index (Phi) is 4.60. The molecular weight excluding hydrogens is 287 g/mol. The molecule has 1 aromatic heterocycles. The van der Waals surface area contributed by atoms with Crippen LogP contribution >= 0.6 is 23.2 Å². The smallest absolute Gasteiger partial charge is 0.412 e. The van der Waals surface area contributed by atoms with Gasteiger partial charge in [-0.3, -0.25) is 10.3 Å². The maximum Gasteiger partial charge on any atom is 0.412 e. The van der Waals surface area contributed by atoms with E-state index in [-0.39, 0.29) is 6.61 Å². The second-order valence-corrected chi connectivity index (χ2v) is 4.47. The summed E-state index contributed by atoms with van der Waals surface area (Å²) >= 11 is 11.6. The lowest BCUT2D eigenvalue weighted by molar-refractivity contribution is 0.153. The van der Waals surface area contributed by atoms with E-state index in [0.717, 1.165) is 0 Å². The molecule has 1 aromatic carbocycles. The number of carbonyl (C=O) groups excluding carboxylic acids is 1. The van der Waals surface area contributed by atoms with E-state index in [1.165, 1.54) is 0 Å². The molecule has 6 heteroatoms. The molecule has 1 heterocycles.